The fourth-order valence-corrected chi connectivity index (χ4v) is 2.14. The van der Waals surface area contributed by atoms with Gasteiger partial charge in [0.2, 0.25) is 0 Å². The van der Waals surface area contributed by atoms with Crippen molar-refractivity contribution in [2.45, 2.75) is 19.6 Å². The van der Waals surface area contributed by atoms with E-state index in [0.29, 0.717) is 0 Å². The number of hydrogen-bond acceptors (Lipinski definition) is 2. The van der Waals surface area contributed by atoms with Gasteiger partial charge in [-0.05, 0) is 18.6 Å². The van der Waals surface area contributed by atoms with Crippen LogP contribution in [-0.4, -0.2) is 17.4 Å². The van der Waals surface area contributed by atoms with Crippen molar-refractivity contribution in [3.63, 3.8) is 0 Å². The quantitative estimate of drug-likeness (QED) is 0.684. The highest BCUT2D eigenvalue weighted by Gasteiger charge is 2.27. The van der Waals surface area contributed by atoms with Crippen LogP contribution in [0.3, 0.4) is 0 Å². The average Bonchev–Trinajstić information content (AvgIpc) is 2.58. The van der Waals surface area contributed by atoms with E-state index in [4.69, 9.17) is 0 Å². The van der Waals surface area contributed by atoms with Gasteiger partial charge in [0.25, 0.3) is 0 Å². The molecule has 19 heavy (non-hydrogen) atoms. The fourth-order valence-electron chi connectivity index (χ4n) is 2.14. The summed E-state index contributed by atoms with van der Waals surface area (Å²) < 4.78 is 37.8. The molecule has 0 aliphatic carbocycles. The van der Waals surface area contributed by atoms with E-state index in [1.54, 1.807) is 0 Å². The molecule has 6 heteroatoms. The first-order valence-electron chi connectivity index (χ1n) is 5.84. The summed E-state index contributed by atoms with van der Waals surface area (Å²) in [7, 11) is 1.89. The Morgan fingerprint density at radius 1 is 1.26 bits per heavy atom. The molecule has 0 atom stereocenters. The monoisotopic (exact) mass is 272 g/mol. The molecule has 0 bridgehead atoms. The average molecular weight is 272 g/mol. The minimum absolute atomic E-state index is 0.229. The van der Waals surface area contributed by atoms with Crippen LogP contribution in [0, 0.1) is 6.92 Å². The van der Waals surface area contributed by atoms with E-state index in [2.05, 4.69) is 10.3 Å². The van der Waals surface area contributed by atoms with Gasteiger partial charge >= 0.3 is 6.18 Å². The number of nitrogens with zero attached hydrogens (tertiary/aromatic N) is 1. The SMILES string of the molecule is Cc1c(CNOCC(F)(F)F)n(C)c2ccccc12. The molecule has 1 N–H and O–H groups in total. The molecule has 1 aromatic carbocycles. The molecule has 1 heterocycles. The van der Waals surface area contributed by atoms with E-state index >= 15 is 0 Å². The predicted octanol–water partition coefficient (Wildman–Crippen LogP) is 3.07. The lowest BCUT2D eigenvalue weighted by molar-refractivity contribution is -0.190. The Morgan fingerprint density at radius 3 is 2.58 bits per heavy atom. The number of hydroxylamine groups is 1. The van der Waals surface area contributed by atoms with E-state index in [0.717, 1.165) is 22.2 Å². The summed E-state index contributed by atoms with van der Waals surface area (Å²) in [6, 6.07) is 7.83. The third-order valence-electron chi connectivity index (χ3n) is 3.08. The van der Waals surface area contributed by atoms with Crippen molar-refractivity contribution >= 4 is 10.9 Å². The summed E-state index contributed by atoms with van der Waals surface area (Å²) in [5.74, 6) is 0. The van der Waals surface area contributed by atoms with E-state index in [-0.39, 0.29) is 6.54 Å². The normalized spacial score (nSPS) is 12.3. The van der Waals surface area contributed by atoms with Crippen LogP contribution in [0.25, 0.3) is 10.9 Å². The second-order valence-corrected chi connectivity index (χ2v) is 4.37. The van der Waals surface area contributed by atoms with Gasteiger partial charge in [-0.15, -0.1) is 0 Å². The summed E-state index contributed by atoms with van der Waals surface area (Å²) in [6.45, 7) is 0.881. The zero-order valence-electron chi connectivity index (χ0n) is 10.7. The van der Waals surface area contributed by atoms with Crippen molar-refractivity contribution in [3.8, 4) is 0 Å². The Kier molecular flexibility index (Phi) is 3.82. The molecular weight excluding hydrogens is 257 g/mol. The van der Waals surface area contributed by atoms with Crippen LogP contribution < -0.4 is 5.48 Å². The Labute approximate surface area is 108 Å². The van der Waals surface area contributed by atoms with Crippen LogP contribution >= 0.6 is 0 Å². The third-order valence-corrected chi connectivity index (χ3v) is 3.08. The highest BCUT2D eigenvalue weighted by molar-refractivity contribution is 5.85. The summed E-state index contributed by atoms with van der Waals surface area (Å²) in [5.41, 5.74) is 5.36. The number of halogens is 3. The van der Waals surface area contributed by atoms with Gasteiger partial charge in [0.05, 0.1) is 6.54 Å². The van der Waals surface area contributed by atoms with Gasteiger partial charge < -0.3 is 4.57 Å². The molecule has 2 rings (SSSR count). The molecule has 0 saturated heterocycles. The summed E-state index contributed by atoms with van der Waals surface area (Å²) in [6.07, 6.45) is -4.32. The Balaban J connectivity index is 2.09. The van der Waals surface area contributed by atoms with Crippen molar-refractivity contribution in [1.29, 1.82) is 0 Å². The predicted molar refractivity (Wildman–Crippen MR) is 66.5 cm³/mol. The minimum Gasteiger partial charge on any atom is -0.346 e. The number of aromatic nitrogens is 1. The molecule has 0 unspecified atom stereocenters. The van der Waals surface area contributed by atoms with Crippen molar-refractivity contribution in [2.75, 3.05) is 6.61 Å². The van der Waals surface area contributed by atoms with Crippen molar-refractivity contribution in [2.24, 2.45) is 7.05 Å². The molecule has 3 nitrogen and oxygen atoms in total. The van der Waals surface area contributed by atoms with Gasteiger partial charge in [-0.3, -0.25) is 4.84 Å². The first kappa shape index (κ1) is 13.9. The number of hydrogen-bond donors (Lipinski definition) is 1. The van der Waals surface area contributed by atoms with Crippen LogP contribution in [0.15, 0.2) is 24.3 Å². The van der Waals surface area contributed by atoms with E-state index in [9.17, 15) is 13.2 Å². The summed E-state index contributed by atoms with van der Waals surface area (Å²) >= 11 is 0. The molecule has 1 aromatic heterocycles. The van der Waals surface area contributed by atoms with Crippen LogP contribution in [0.2, 0.25) is 0 Å². The highest BCUT2D eigenvalue weighted by atomic mass is 19.4. The minimum atomic E-state index is -4.32. The van der Waals surface area contributed by atoms with E-state index in [1.165, 1.54) is 0 Å². The Morgan fingerprint density at radius 2 is 1.95 bits per heavy atom. The second-order valence-electron chi connectivity index (χ2n) is 4.37. The number of rotatable bonds is 4. The highest BCUT2D eigenvalue weighted by Crippen LogP contribution is 2.24. The maximum atomic E-state index is 11.9. The molecule has 0 spiro atoms. The molecule has 0 amide bonds. The van der Waals surface area contributed by atoms with Crippen LogP contribution in [0.1, 0.15) is 11.3 Å². The van der Waals surface area contributed by atoms with Gasteiger partial charge in [0, 0.05) is 23.6 Å². The third kappa shape index (κ3) is 3.08. The molecule has 2 aromatic rings. The lowest BCUT2D eigenvalue weighted by atomic mass is 10.1. The number of aryl methyl sites for hydroxylation is 2. The molecule has 104 valence electrons. The van der Waals surface area contributed by atoms with E-state index in [1.807, 2.05) is 42.8 Å². The number of nitrogens with one attached hydrogen (secondary N) is 1. The van der Waals surface area contributed by atoms with Gasteiger partial charge in [0.15, 0.2) is 6.61 Å². The second kappa shape index (κ2) is 5.22. The Bertz CT molecular complexity index is 536. The Hall–Kier alpha value is -1.53. The first-order valence-corrected chi connectivity index (χ1v) is 5.84. The smallest absolute Gasteiger partial charge is 0.346 e. The fraction of sp³-hybridized carbons (Fsp3) is 0.385. The maximum absolute atomic E-state index is 11.9. The van der Waals surface area contributed by atoms with Crippen molar-refractivity contribution in [1.82, 2.24) is 10.0 Å². The molecule has 0 aliphatic heterocycles. The molecular formula is C13H15F3N2O. The molecule has 0 fully saturated rings. The standard InChI is InChI=1S/C13H15F3N2O/c1-9-10-5-3-4-6-11(10)18(2)12(9)7-17-19-8-13(14,15)16/h3-6,17H,7-8H2,1-2H3. The van der Waals surface area contributed by atoms with Gasteiger partial charge in [-0.1, -0.05) is 18.2 Å². The van der Waals surface area contributed by atoms with Crippen molar-refractivity contribution < 1.29 is 18.0 Å². The van der Waals surface area contributed by atoms with Crippen molar-refractivity contribution in [3.05, 3.63) is 35.5 Å². The van der Waals surface area contributed by atoms with Crippen LogP contribution in [0.5, 0.6) is 0 Å². The number of para-hydroxylation sites is 1. The lowest BCUT2D eigenvalue weighted by Crippen LogP contribution is -2.25. The van der Waals surface area contributed by atoms with Crippen LogP contribution in [0.4, 0.5) is 13.2 Å². The largest absolute Gasteiger partial charge is 0.413 e. The number of alkyl halides is 3. The molecule has 0 saturated carbocycles. The topological polar surface area (TPSA) is 26.2 Å². The summed E-state index contributed by atoms with van der Waals surface area (Å²) in [4.78, 5) is 4.42. The lowest BCUT2D eigenvalue weighted by Gasteiger charge is -2.10. The molecule has 0 radical (unpaired) electrons. The van der Waals surface area contributed by atoms with Gasteiger partial charge in [-0.25, -0.2) is 0 Å². The van der Waals surface area contributed by atoms with E-state index < -0.39 is 12.8 Å². The number of fused-ring (bicyclic) bond motifs is 1. The van der Waals surface area contributed by atoms with Gasteiger partial charge in [-0.2, -0.15) is 18.7 Å². The van der Waals surface area contributed by atoms with Gasteiger partial charge in [0.1, 0.15) is 0 Å². The molecule has 0 aliphatic rings. The number of benzene rings is 1. The van der Waals surface area contributed by atoms with Crippen LogP contribution in [-0.2, 0) is 18.4 Å². The first-order chi connectivity index (χ1) is 8.90. The summed E-state index contributed by atoms with van der Waals surface area (Å²) in [5, 5.41) is 1.10. The maximum Gasteiger partial charge on any atom is 0.413 e. The zero-order chi connectivity index (χ0) is 14.0. The zero-order valence-corrected chi connectivity index (χ0v) is 10.7.